The van der Waals surface area contributed by atoms with Crippen LogP contribution < -0.4 is 21.3 Å². The van der Waals surface area contributed by atoms with Gasteiger partial charge >= 0.3 is 6.03 Å². The van der Waals surface area contributed by atoms with Gasteiger partial charge < -0.3 is 16.0 Å². The molecule has 3 aromatic heterocycles. The van der Waals surface area contributed by atoms with Crippen molar-refractivity contribution in [3.63, 3.8) is 0 Å². The lowest BCUT2D eigenvalue weighted by Gasteiger charge is -2.19. The summed E-state index contributed by atoms with van der Waals surface area (Å²) in [7, 11) is 0. The van der Waals surface area contributed by atoms with Gasteiger partial charge in [-0.15, -0.1) is 0 Å². The SMILES string of the molecule is Cc1cccc(C(Nc2nc(NC3CC3)n3ncc(/C=C4\NC(=O)NC4=O)c3n2)C2CC2)n1. The lowest BCUT2D eigenvalue weighted by molar-refractivity contribution is -0.115. The highest BCUT2D eigenvalue weighted by molar-refractivity contribution is 6.14. The molecule has 1 unspecified atom stereocenters. The molecule has 4 heterocycles. The summed E-state index contributed by atoms with van der Waals surface area (Å²) in [6.45, 7) is 1.98. The van der Waals surface area contributed by atoms with Crippen LogP contribution >= 0.6 is 0 Å². The van der Waals surface area contributed by atoms with Crippen molar-refractivity contribution in [2.45, 2.75) is 44.7 Å². The van der Waals surface area contributed by atoms with Gasteiger partial charge in [0.1, 0.15) is 5.70 Å². The molecule has 3 fully saturated rings. The molecule has 1 saturated heterocycles. The Kier molecular flexibility index (Phi) is 4.49. The molecule has 1 aliphatic heterocycles. The van der Waals surface area contributed by atoms with Crippen LogP contribution in [0.1, 0.15) is 48.7 Å². The van der Waals surface area contributed by atoms with E-state index in [-0.39, 0.29) is 11.7 Å². The summed E-state index contributed by atoms with van der Waals surface area (Å²) in [5, 5.41) is 16.0. The van der Waals surface area contributed by atoms with Crippen LogP contribution in [0.2, 0.25) is 0 Å². The molecule has 2 saturated carbocycles. The Balaban J connectivity index is 1.40. The van der Waals surface area contributed by atoms with Crippen LogP contribution in [-0.4, -0.2) is 42.5 Å². The van der Waals surface area contributed by atoms with Gasteiger partial charge in [0, 0.05) is 17.3 Å². The van der Waals surface area contributed by atoms with Crippen LogP contribution in [0.25, 0.3) is 11.7 Å². The number of nitrogens with zero attached hydrogens (tertiary/aromatic N) is 5. The summed E-state index contributed by atoms with van der Waals surface area (Å²) in [5.74, 6) is 1.04. The zero-order valence-corrected chi connectivity index (χ0v) is 18.0. The van der Waals surface area contributed by atoms with Crippen LogP contribution in [-0.2, 0) is 4.79 Å². The lowest BCUT2D eigenvalue weighted by atomic mass is 10.1. The van der Waals surface area contributed by atoms with E-state index in [1.54, 1.807) is 16.8 Å². The number of anilines is 2. The first kappa shape index (κ1) is 19.6. The number of hydrogen-bond acceptors (Lipinski definition) is 8. The number of pyridine rings is 1. The van der Waals surface area contributed by atoms with Crippen molar-refractivity contribution >= 4 is 35.6 Å². The first-order valence-electron chi connectivity index (χ1n) is 11.1. The molecule has 11 nitrogen and oxygen atoms in total. The Bertz CT molecular complexity index is 1310. The van der Waals surface area contributed by atoms with Gasteiger partial charge in [-0.1, -0.05) is 6.07 Å². The van der Waals surface area contributed by atoms with Gasteiger partial charge in [0.05, 0.1) is 17.9 Å². The number of carbonyl (C=O) groups excluding carboxylic acids is 2. The minimum absolute atomic E-state index is 0.00532. The van der Waals surface area contributed by atoms with Gasteiger partial charge in [-0.05, 0) is 56.7 Å². The van der Waals surface area contributed by atoms with Crippen LogP contribution in [0.4, 0.5) is 16.7 Å². The number of fused-ring (bicyclic) bond motifs is 1. The number of aromatic nitrogens is 5. The first-order chi connectivity index (χ1) is 16.0. The molecule has 0 spiro atoms. The largest absolute Gasteiger partial charge is 0.351 e. The molecule has 33 heavy (non-hydrogen) atoms. The third kappa shape index (κ3) is 3.97. The Labute approximate surface area is 189 Å². The fourth-order valence-corrected chi connectivity index (χ4v) is 3.94. The van der Waals surface area contributed by atoms with E-state index in [1.165, 1.54) is 0 Å². The summed E-state index contributed by atoms with van der Waals surface area (Å²) in [6, 6.07) is 5.85. The molecule has 168 valence electrons. The van der Waals surface area contributed by atoms with Crippen molar-refractivity contribution in [1.29, 1.82) is 0 Å². The van der Waals surface area contributed by atoms with E-state index < -0.39 is 11.9 Å². The molecular formula is C22H23N9O2. The second-order valence-corrected chi connectivity index (χ2v) is 8.75. The van der Waals surface area contributed by atoms with Crippen molar-refractivity contribution in [3.05, 3.63) is 47.0 Å². The van der Waals surface area contributed by atoms with Crippen molar-refractivity contribution in [1.82, 2.24) is 35.2 Å². The number of imide groups is 1. The predicted molar refractivity (Wildman–Crippen MR) is 120 cm³/mol. The highest BCUT2D eigenvalue weighted by Gasteiger charge is 2.34. The van der Waals surface area contributed by atoms with E-state index in [9.17, 15) is 9.59 Å². The van der Waals surface area contributed by atoms with Crippen LogP contribution in [0.5, 0.6) is 0 Å². The first-order valence-corrected chi connectivity index (χ1v) is 11.1. The van der Waals surface area contributed by atoms with E-state index in [2.05, 4.69) is 26.4 Å². The molecule has 6 rings (SSSR count). The van der Waals surface area contributed by atoms with E-state index >= 15 is 0 Å². The lowest BCUT2D eigenvalue weighted by Crippen LogP contribution is -2.22. The summed E-state index contributed by atoms with van der Waals surface area (Å²) in [4.78, 5) is 37.6. The Morgan fingerprint density at radius 1 is 1.12 bits per heavy atom. The highest BCUT2D eigenvalue weighted by atomic mass is 16.2. The van der Waals surface area contributed by atoms with Crippen molar-refractivity contribution in [2.24, 2.45) is 5.92 Å². The monoisotopic (exact) mass is 445 g/mol. The number of urea groups is 1. The molecule has 0 radical (unpaired) electrons. The average Bonchev–Trinajstić information content (AvgIpc) is 3.71. The standard InChI is InChI=1S/C22H23N9O2/c1-11-3-2-4-15(24-11)17(12-5-6-12)27-20-28-18-13(9-16-19(32)29-22(33)26-16)10-23-31(18)21(30-20)25-14-7-8-14/h2-4,9-10,12,14,17H,5-8H2,1H3,(H2,25,27,28,30)(H2,26,29,32,33)/b16-9-. The highest BCUT2D eigenvalue weighted by Crippen LogP contribution is 2.42. The van der Waals surface area contributed by atoms with Gasteiger partial charge in [0.15, 0.2) is 5.65 Å². The quantitative estimate of drug-likeness (QED) is 0.321. The average molecular weight is 445 g/mol. The maximum Gasteiger partial charge on any atom is 0.326 e. The minimum atomic E-state index is -0.547. The fraction of sp³-hybridized carbons (Fsp3) is 0.364. The third-order valence-electron chi connectivity index (χ3n) is 5.93. The second-order valence-electron chi connectivity index (χ2n) is 8.75. The smallest absolute Gasteiger partial charge is 0.326 e. The minimum Gasteiger partial charge on any atom is -0.351 e. The van der Waals surface area contributed by atoms with E-state index in [1.807, 2.05) is 25.1 Å². The Morgan fingerprint density at radius 3 is 2.67 bits per heavy atom. The molecule has 11 heteroatoms. The van der Waals surface area contributed by atoms with Gasteiger partial charge in [-0.2, -0.15) is 19.6 Å². The van der Waals surface area contributed by atoms with Crippen LogP contribution in [0, 0.1) is 12.8 Å². The topological polar surface area (TPSA) is 138 Å². The third-order valence-corrected chi connectivity index (χ3v) is 5.93. The summed E-state index contributed by atoms with van der Waals surface area (Å²) in [6.07, 6.45) is 7.59. The molecule has 0 bridgehead atoms. The zero-order chi connectivity index (χ0) is 22.5. The van der Waals surface area contributed by atoms with E-state index in [4.69, 9.17) is 15.0 Å². The maximum atomic E-state index is 12.0. The van der Waals surface area contributed by atoms with Crippen LogP contribution in [0.3, 0.4) is 0 Å². The number of rotatable bonds is 7. The van der Waals surface area contributed by atoms with E-state index in [0.717, 1.165) is 37.1 Å². The number of nitrogens with one attached hydrogen (secondary N) is 4. The zero-order valence-electron chi connectivity index (χ0n) is 18.0. The molecular weight excluding hydrogens is 422 g/mol. The molecule has 3 aliphatic rings. The Morgan fingerprint density at radius 2 is 1.97 bits per heavy atom. The Hall–Kier alpha value is -4.02. The fourth-order valence-electron chi connectivity index (χ4n) is 3.94. The number of carbonyl (C=O) groups is 2. The van der Waals surface area contributed by atoms with Crippen molar-refractivity contribution < 1.29 is 9.59 Å². The van der Waals surface area contributed by atoms with Gasteiger partial charge in [0.2, 0.25) is 11.9 Å². The molecule has 3 aromatic rings. The van der Waals surface area contributed by atoms with E-state index in [0.29, 0.717) is 35.1 Å². The molecule has 1 atom stereocenters. The number of hydrogen-bond donors (Lipinski definition) is 4. The van der Waals surface area contributed by atoms with Gasteiger partial charge in [-0.3, -0.25) is 15.1 Å². The summed E-state index contributed by atoms with van der Waals surface area (Å²) < 4.78 is 1.63. The van der Waals surface area contributed by atoms with Gasteiger partial charge in [0.25, 0.3) is 5.91 Å². The number of aryl methyl sites for hydroxylation is 1. The molecule has 2 aliphatic carbocycles. The van der Waals surface area contributed by atoms with Crippen molar-refractivity contribution in [2.75, 3.05) is 10.6 Å². The van der Waals surface area contributed by atoms with Gasteiger partial charge in [-0.25, -0.2) is 4.79 Å². The predicted octanol–water partition coefficient (Wildman–Crippen LogP) is 2.15. The van der Waals surface area contributed by atoms with Crippen molar-refractivity contribution in [3.8, 4) is 0 Å². The molecule has 0 aromatic carbocycles. The second kappa shape index (κ2) is 7.54. The molecule has 3 amide bonds. The maximum absolute atomic E-state index is 12.0. The normalized spacial score (nSPS) is 20.1. The summed E-state index contributed by atoms with van der Waals surface area (Å²) >= 11 is 0. The number of amides is 3. The van der Waals surface area contributed by atoms with Crippen LogP contribution in [0.15, 0.2) is 30.1 Å². The molecule has 4 N–H and O–H groups in total. The summed E-state index contributed by atoms with van der Waals surface area (Å²) in [5.41, 5.74) is 3.22.